The molecule has 0 saturated heterocycles. The van der Waals surface area contributed by atoms with Gasteiger partial charge in [0.1, 0.15) is 0 Å². The van der Waals surface area contributed by atoms with Gasteiger partial charge in [0.15, 0.2) is 11.6 Å². The number of aryl methyl sites for hydroxylation is 3. The van der Waals surface area contributed by atoms with Crippen molar-refractivity contribution in [2.45, 2.75) is 27.5 Å². The molecule has 0 bridgehead atoms. The summed E-state index contributed by atoms with van der Waals surface area (Å²) in [5, 5.41) is 7.96. The number of esters is 1. The predicted molar refractivity (Wildman–Crippen MR) is 61.8 cm³/mol. The molecule has 2 heterocycles. The normalized spacial score (nSPS) is 10.5. The number of carbonyl (C=O) groups is 1. The molecule has 0 aliphatic carbocycles. The number of ether oxygens (including phenoxy) is 1. The van der Waals surface area contributed by atoms with E-state index in [0.717, 1.165) is 22.9 Å². The minimum absolute atomic E-state index is 0.107. The van der Waals surface area contributed by atoms with Crippen molar-refractivity contribution in [3.63, 3.8) is 0 Å². The highest BCUT2D eigenvalue weighted by atomic mass is 32.1. The second-order valence-electron chi connectivity index (χ2n) is 3.68. The molecule has 0 radical (unpaired) electrons. The lowest BCUT2D eigenvalue weighted by Gasteiger charge is -2.05. The molecule has 0 N–H and O–H groups in total. The third-order valence-corrected chi connectivity index (χ3v) is 3.07. The third-order valence-electron chi connectivity index (χ3n) is 2.26. The fraction of sp³-hybridized carbons (Fsp3) is 0.400. The van der Waals surface area contributed by atoms with Crippen LogP contribution in [0.15, 0.2) is 6.07 Å². The maximum atomic E-state index is 11.7. The van der Waals surface area contributed by atoms with E-state index >= 15 is 0 Å². The number of nitrogens with zero attached hydrogens (tertiary/aromatic N) is 4. The van der Waals surface area contributed by atoms with Crippen molar-refractivity contribution in [2.75, 3.05) is 0 Å². The van der Waals surface area contributed by atoms with Gasteiger partial charge in [-0.3, -0.25) is 0 Å². The van der Waals surface area contributed by atoms with Crippen LogP contribution in [0.25, 0.3) is 0 Å². The number of hydrogen-bond donors (Lipinski definition) is 0. The summed E-state index contributed by atoms with van der Waals surface area (Å²) in [7, 11) is 0. The highest BCUT2D eigenvalue weighted by Gasteiger charge is 2.15. The van der Waals surface area contributed by atoms with Crippen molar-refractivity contribution in [3.8, 4) is 0 Å². The highest BCUT2D eigenvalue weighted by Crippen LogP contribution is 2.11. The average Bonchev–Trinajstić information content (AvgIpc) is 2.81. The molecule has 6 nitrogen and oxygen atoms in total. The average molecular weight is 252 g/mol. The van der Waals surface area contributed by atoms with Gasteiger partial charge in [-0.2, -0.15) is 5.10 Å². The highest BCUT2D eigenvalue weighted by molar-refractivity contribution is 7.07. The number of aromatic nitrogens is 4. The van der Waals surface area contributed by atoms with Gasteiger partial charge in [0.25, 0.3) is 0 Å². The molecule has 0 unspecified atom stereocenters. The Morgan fingerprint density at radius 3 is 2.76 bits per heavy atom. The lowest BCUT2D eigenvalue weighted by atomic mass is 10.4. The van der Waals surface area contributed by atoms with Crippen LogP contribution in [0.1, 0.15) is 26.8 Å². The van der Waals surface area contributed by atoms with Crippen LogP contribution < -0.4 is 0 Å². The van der Waals surface area contributed by atoms with Crippen molar-refractivity contribution in [3.05, 3.63) is 28.0 Å². The van der Waals surface area contributed by atoms with E-state index in [2.05, 4.69) is 14.7 Å². The Hall–Kier alpha value is -1.76. The van der Waals surface area contributed by atoms with Gasteiger partial charge in [-0.05, 0) is 38.4 Å². The van der Waals surface area contributed by atoms with Crippen LogP contribution in [0, 0.1) is 20.8 Å². The lowest BCUT2D eigenvalue weighted by Crippen LogP contribution is -2.11. The van der Waals surface area contributed by atoms with Crippen LogP contribution in [0.2, 0.25) is 0 Å². The summed E-state index contributed by atoms with van der Waals surface area (Å²) >= 11 is 1.04. The minimum Gasteiger partial charge on any atom is -0.438 e. The molecule has 7 heteroatoms. The molecule has 2 rings (SSSR count). The van der Waals surface area contributed by atoms with E-state index in [1.165, 1.54) is 0 Å². The van der Waals surface area contributed by atoms with Gasteiger partial charge in [-0.1, -0.05) is 4.49 Å². The number of carbonyl (C=O) groups excluding carboxylic acids is 1. The van der Waals surface area contributed by atoms with Gasteiger partial charge in [-0.25, -0.2) is 9.48 Å². The van der Waals surface area contributed by atoms with Gasteiger partial charge in [-0.15, -0.1) is 5.10 Å². The molecular formula is C10H12N4O2S. The van der Waals surface area contributed by atoms with Gasteiger partial charge >= 0.3 is 5.97 Å². The molecule has 0 amide bonds. The molecule has 90 valence electrons. The summed E-state index contributed by atoms with van der Waals surface area (Å²) in [6.07, 6.45) is 0. The Kier molecular flexibility index (Phi) is 3.19. The van der Waals surface area contributed by atoms with Crippen LogP contribution in [-0.2, 0) is 11.5 Å². The van der Waals surface area contributed by atoms with Gasteiger partial charge in [0.05, 0.1) is 11.4 Å². The molecule has 0 aliphatic heterocycles. The van der Waals surface area contributed by atoms with E-state index < -0.39 is 5.97 Å². The van der Waals surface area contributed by atoms with Crippen molar-refractivity contribution in [1.29, 1.82) is 0 Å². The summed E-state index contributed by atoms with van der Waals surface area (Å²) in [5.41, 5.74) is 2.44. The van der Waals surface area contributed by atoms with E-state index in [0.29, 0.717) is 10.6 Å². The second kappa shape index (κ2) is 4.62. The first kappa shape index (κ1) is 11.7. The third kappa shape index (κ3) is 2.50. The smallest absolute Gasteiger partial charge is 0.353 e. The summed E-state index contributed by atoms with van der Waals surface area (Å²) in [6, 6.07) is 1.92. The van der Waals surface area contributed by atoms with Crippen molar-refractivity contribution in [1.82, 2.24) is 19.4 Å². The quantitative estimate of drug-likeness (QED) is 0.774. The van der Waals surface area contributed by atoms with Crippen LogP contribution in [0.5, 0.6) is 0 Å². The zero-order chi connectivity index (χ0) is 12.4. The van der Waals surface area contributed by atoms with Crippen LogP contribution in [0.4, 0.5) is 0 Å². The minimum atomic E-state index is -0.412. The van der Waals surface area contributed by atoms with Crippen LogP contribution >= 0.6 is 11.5 Å². The van der Waals surface area contributed by atoms with E-state index in [1.54, 1.807) is 11.6 Å². The Balaban J connectivity index is 2.02. The Bertz CT molecular complexity index is 546. The summed E-state index contributed by atoms with van der Waals surface area (Å²) in [6.45, 7) is 5.63. The fourth-order valence-corrected chi connectivity index (χ4v) is 1.96. The molecule has 0 saturated carbocycles. The van der Waals surface area contributed by atoms with E-state index in [1.807, 2.05) is 19.9 Å². The first-order valence-electron chi connectivity index (χ1n) is 5.05. The Morgan fingerprint density at radius 2 is 2.24 bits per heavy atom. The van der Waals surface area contributed by atoms with Gasteiger partial charge < -0.3 is 4.74 Å². The first-order valence-corrected chi connectivity index (χ1v) is 5.82. The summed E-state index contributed by atoms with van der Waals surface area (Å²) < 4.78 is 10.5. The molecule has 2 aromatic rings. The van der Waals surface area contributed by atoms with Crippen molar-refractivity contribution < 1.29 is 9.53 Å². The van der Waals surface area contributed by atoms with Crippen molar-refractivity contribution >= 4 is 17.5 Å². The molecule has 0 fully saturated rings. The SMILES string of the molecule is Cc1cc(C)n(COC(=O)c2snnc2C)n1. The van der Waals surface area contributed by atoms with Gasteiger partial charge in [0.2, 0.25) is 0 Å². The van der Waals surface area contributed by atoms with E-state index in [4.69, 9.17) is 4.74 Å². The largest absolute Gasteiger partial charge is 0.438 e. The fourth-order valence-electron chi connectivity index (χ4n) is 1.41. The molecule has 0 aliphatic rings. The maximum Gasteiger partial charge on any atom is 0.353 e. The summed E-state index contributed by atoms with van der Waals surface area (Å²) in [4.78, 5) is 12.1. The van der Waals surface area contributed by atoms with Crippen LogP contribution in [0.3, 0.4) is 0 Å². The van der Waals surface area contributed by atoms with Crippen molar-refractivity contribution in [2.24, 2.45) is 0 Å². The first-order chi connectivity index (χ1) is 8.08. The molecule has 0 aromatic carbocycles. The summed E-state index contributed by atoms with van der Waals surface area (Å²) in [5.74, 6) is -0.412. The number of rotatable bonds is 3. The molecule has 0 spiro atoms. The zero-order valence-corrected chi connectivity index (χ0v) is 10.6. The predicted octanol–water partition coefficient (Wildman–Crippen LogP) is 1.47. The Labute approximate surface area is 102 Å². The standard InChI is InChI=1S/C10H12N4O2S/c1-6-4-7(2)14(12-6)5-16-10(15)9-8(3)11-13-17-9/h4H,5H2,1-3H3. The zero-order valence-electron chi connectivity index (χ0n) is 9.80. The van der Waals surface area contributed by atoms with E-state index in [9.17, 15) is 4.79 Å². The molecule has 17 heavy (non-hydrogen) atoms. The number of hydrogen-bond acceptors (Lipinski definition) is 6. The van der Waals surface area contributed by atoms with E-state index in [-0.39, 0.29) is 6.73 Å². The molecule has 0 atom stereocenters. The molecule has 2 aromatic heterocycles. The van der Waals surface area contributed by atoms with Crippen LogP contribution in [-0.4, -0.2) is 25.3 Å². The second-order valence-corrected chi connectivity index (χ2v) is 4.43. The lowest BCUT2D eigenvalue weighted by molar-refractivity contribution is 0.0350. The maximum absolute atomic E-state index is 11.7. The van der Waals surface area contributed by atoms with Gasteiger partial charge in [0, 0.05) is 5.69 Å². The topological polar surface area (TPSA) is 69.9 Å². The molecular weight excluding hydrogens is 240 g/mol. The Morgan fingerprint density at radius 1 is 1.47 bits per heavy atom. The monoisotopic (exact) mass is 252 g/mol.